The minimum atomic E-state index is -1.08. The van der Waals surface area contributed by atoms with Gasteiger partial charge in [0.05, 0.1) is 0 Å². The van der Waals surface area contributed by atoms with E-state index < -0.39 is 5.97 Å². The van der Waals surface area contributed by atoms with Gasteiger partial charge in [0.25, 0.3) is 0 Å². The number of aliphatic hydroxyl groups is 1. The molecule has 0 radical (unpaired) electrons. The minimum absolute atomic E-state index is 0. The number of rotatable bonds is 0. The van der Waals surface area contributed by atoms with Crippen molar-refractivity contribution in [2.75, 3.05) is 0 Å². The number of carboxylic acids is 1. The van der Waals surface area contributed by atoms with Crippen LogP contribution in [0, 0.1) is 0 Å². The van der Waals surface area contributed by atoms with Gasteiger partial charge in [0.15, 0.2) is 0 Å². The van der Waals surface area contributed by atoms with Gasteiger partial charge < -0.3 is 20.5 Å². The Balaban J connectivity index is -0.0000000300. The maximum absolute atomic E-state index is 8.89. The molecule has 0 spiro atoms. The summed E-state index contributed by atoms with van der Waals surface area (Å²) >= 11 is 0. The van der Waals surface area contributed by atoms with Crippen molar-refractivity contribution in [3.8, 4) is 0 Å². The average molecular weight is 160 g/mol. The number of hydrogen-bond donors (Lipinski definition) is 1. The first-order chi connectivity index (χ1) is 3.46. The summed E-state index contributed by atoms with van der Waals surface area (Å²) in [5.74, 6) is -1.08. The first kappa shape index (κ1) is 22.4. The van der Waals surface area contributed by atoms with E-state index in [4.69, 9.17) is 15.0 Å². The van der Waals surface area contributed by atoms with Crippen LogP contribution in [0.4, 0.5) is 0 Å². The Labute approximate surface area is 82.8 Å². The third-order valence-electron chi connectivity index (χ3n) is 0. The number of carbonyl (C=O) groups excluding carboxylic acids is 1. The molecule has 0 aromatic heterocycles. The molecule has 0 heterocycles. The van der Waals surface area contributed by atoms with Crippen LogP contribution < -0.4 is 34.7 Å². The number of hydrogen-bond acceptors (Lipinski definition) is 3. The molecule has 0 unspecified atom stereocenters. The van der Waals surface area contributed by atoms with E-state index in [1.807, 2.05) is 0 Å². The Bertz CT molecular complexity index is 57.9. The molecule has 3 N–H and O–H groups in total. The molecular weight excluding hydrogens is 147 g/mol. The van der Waals surface area contributed by atoms with E-state index in [1.165, 1.54) is 0 Å². The van der Waals surface area contributed by atoms with Crippen molar-refractivity contribution in [3.05, 3.63) is 0 Å². The standard InChI is InChI=1S/C3H8O.C2H4O2.Na.H2O/c1-3(2)4;1-2(3)4;;/h3-4H,1-2H3;1H3,(H,3,4);;1H2/q;;+1;/p-1. The predicted molar refractivity (Wildman–Crippen MR) is 31.6 cm³/mol. The van der Waals surface area contributed by atoms with Crippen molar-refractivity contribution in [2.45, 2.75) is 26.9 Å². The van der Waals surface area contributed by atoms with Gasteiger partial charge in [0.1, 0.15) is 0 Å². The molecule has 0 aliphatic heterocycles. The van der Waals surface area contributed by atoms with Gasteiger partial charge >= 0.3 is 29.6 Å². The smallest absolute Gasteiger partial charge is 0.550 e. The number of carbonyl (C=O) groups is 1. The van der Waals surface area contributed by atoms with Gasteiger partial charge in [-0.05, 0) is 20.8 Å². The number of aliphatic hydroxyl groups excluding tert-OH is 1. The zero-order chi connectivity index (χ0) is 7.15. The van der Waals surface area contributed by atoms with Gasteiger partial charge in [-0.25, -0.2) is 0 Å². The molecule has 0 saturated carbocycles. The molecule has 0 rings (SSSR count). The summed E-state index contributed by atoms with van der Waals surface area (Å²) in [7, 11) is 0. The van der Waals surface area contributed by atoms with Crippen molar-refractivity contribution in [3.63, 3.8) is 0 Å². The van der Waals surface area contributed by atoms with Gasteiger partial charge in [0.2, 0.25) is 0 Å². The topological polar surface area (TPSA) is 91.9 Å². The van der Waals surface area contributed by atoms with Crippen molar-refractivity contribution >= 4 is 5.97 Å². The summed E-state index contributed by atoms with van der Waals surface area (Å²) in [4.78, 5) is 8.89. The first-order valence-electron chi connectivity index (χ1n) is 2.32. The number of carboxylic acid groups (broad SMARTS) is 1. The summed E-state index contributed by atoms with van der Waals surface area (Å²) < 4.78 is 0. The van der Waals surface area contributed by atoms with Crippen LogP contribution >= 0.6 is 0 Å². The van der Waals surface area contributed by atoms with Crippen LogP contribution in [0.15, 0.2) is 0 Å². The van der Waals surface area contributed by atoms with Gasteiger partial charge in [0, 0.05) is 12.1 Å². The van der Waals surface area contributed by atoms with Gasteiger partial charge in [-0.15, -0.1) is 0 Å². The van der Waals surface area contributed by atoms with Gasteiger partial charge in [-0.1, -0.05) is 0 Å². The molecule has 10 heavy (non-hydrogen) atoms. The van der Waals surface area contributed by atoms with Crippen molar-refractivity contribution < 1.29 is 50.0 Å². The number of aliphatic carboxylic acids is 1. The quantitative estimate of drug-likeness (QED) is 0.361. The second-order valence-electron chi connectivity index (χ2n) is 1.59. The van der Waals surface area contributed by atoms with E-state index in [0.29, 0.717) is 0 Å². The summed E-state index contributed by atoms with van der Waals surface area (Å²) in [6.07, 6.45) is -0.167. The fourth-order valence-corrected chi connectivity index (χ4v) is 0. The average Bonchev–Trinajstić information content (AvgIpc) is 1.25. The minimum Gasteiger partial charge on any atom is -0.550 e. The van der Waals surface area contributed by atoms with Crippen LogP contribution in [0.2, 0.25) is 0 Å². The van der Waals surface area contributed by atoms with Gasteiger partial charge in [-0.2, -0.15) is 0 Å². The molecule has 0 aromatic rings. The van der Waals surface area contributed by atoms with E-state index >= 15 is 0 Å². The van der Waals surface area contributed by atoms with Crippen molar-refractivity contribution in [1.29, 1.82) is 0 Å². The molecule has 0 saturated heterocycles. The molecule has 0 bridgehead atoms. The van der Waals surface area contributed by atoms with Crippen LogP contribution in [0.3, 0.4) is 0 Å². The molecule has 0 atom stereocenters. The maximum Gasteiger partial charge on any atom is 1.00 e. The Morgan fingerprint density at radius 1 is 1.50 bits per heavy atom. The van der Waals surface area contributed by atoms with Crippen molar-refractivity contribution in [1.82, 2.24) is 0 Å². The Hall–Kier alpha value is 0.390. The Kier molecular flexibility index (Phi) is 36.3. The zero-order valence-corrected chi connectivity index (χ0v) is 8.84. The molecule has 0 fully saturated rings. The fraction of sp³-hybridized carbons (Fsp3) is 0.800. The third-order valence-corrected chi connectivity index (χ3v) is 0. The second-order valence-corrected chi connectivity index (χ2v) is 1.59. The van der Waals surface area contributed by atoms with Crippen LogP contribution in [-0.4, -0.2) is 22.7 Å². The van der Waals surface area contributed by atoms with Crippen molar-refractivity contribution in [2.24, 2.45) is 0 Å². The zero-order valence-electron chi connectivity index (χ0n) is 6.84. The monoisotopic (exact) mass is 160 g/mol. The van der Waals surface area contributed by atoms with Crippen LogP contribution in [0.1, 0.15) is 20.8 Å². The van der Waals surface area contributed by atoms with E-state index in [9.17, 15) is 0 Å². The Morgan fingerprint density at radius 3 is 1.50 bits per heavy atom. The summed E-state index contributed by atoms with van der Waals surface area (Å²) in [6.45, 7) is 4.42. The summed E-state index contributed by atoms with van der Waals surface area (Å²) in [5.41, 5.74) is 0. The van der Waals surface area contributed by atoms with E-state index in [2.05, 4.69) is 0 Å². The predicted octanol–water partition coefficient (Wildman–Crippen LogP) is -4.68. The molecular formula is C5H13NaO4. The third kappa shape index (κ3) is 3010. The Morgan fingerprint density at radius 2 is 1.50 bits per heavy atom. The second kappa shape index (κ2) is 16.2. The molecule has 0 aliphatic carbocycles. The van der Waals surface area contributed by atoms with Gasteiger partial charge in [-0.3, -0.25) is 0 Å². The molecule has 4 nitrogen and oxygen atoms in total. The molecule has 0 aliphatic rings. The van der Waals surface area contributed by atoms with Crippen LogP contribution in [-0.2, 0) is 4.79 Å². The molecule has 0 amide bonds. The van der Waals surface area contributed by atoms with Crippen LogP contribution in [0.25, 0.3) is 0 Å². The first-order valence-corrected chi connectivity index (χ1v) is 2.32. The van der Waals surface area contributed by atoms with Crippen LogP contribution in [0.5, 0.6) is 0 Å². The summed E-state index contributed by atoms with van der Waals surface area (Å²) in [5, 5.41) is 16.9. The fourth-order valence-electron chi connectivity index (χ4n) is 0. The van der Waals surface area contributed by atoms with E-state index in [1.54, 1.807) is 13.8 Å². The largest absolute Gasteiger partial charge is 1.00 e. The van der Waals surface area contributed by atoms with E-state index in [0.717, 1.165) is 6.92 Å². The van der Waals surface area contributed by atoms with E-state index in [-0.39, 0.29) is 41.1 Å². The molecule has 58 valence electrons. The summed E-state index contributed by atoms with van der Waals surface area (Å²) in [6, 6.07) is 0. The SMILES string of the molecule is CC(=O)[O-].CC(C)O.O.[Na+]. The maximum atomic E-state index is 8.89. The normalized spacial score (nSPS) is 6.10. The molecule has 5 heteroatoms. The molecule has 0 aromatic carbocycles.